The monoisotopic (exact) mass is 507 g/mol. The lowest BCUT2D eigenvalue weighted by Gasteiger charge is -2.35. The molecule has 2 N–H and O–H groups in total. The van der Waals surface area contributed by atoms with Crippen molar-refractivity contribution in [2.75, 3.05) is 5.32 Å². The Labute approximate surface area is 221 Å². The fourth-order valence-electron chi connectivity index (χ4n) is 4.69. The summed E-state index contributed by atoms with van der Waals surface area (Å²) in [6.07, 6.45) is 0.128. The molecule has 7 nitrogen and oxygen atoms in total. The van der Waals surface area contributed by atoms with Crippen molar-refractivity contribution >= 4 is 23.6 Å². The molecule has 37 heavy (non-hydrogen) atoms. The predicted octanol–water partition coefficient (Wildman–Crippen LogP) is 5.75. The summed E-state index contributed by atoms with van der Waals surface area (Å²) in [6, 6.07) is 9.94. The second kappa shape index (κ2) is 11.0. The van der Waals surface area contributed by atoms with Crippen LogP contribution in [0.3, 0.4) is 0 Å². The van der Waals surface area contributed by atoms with Crippen molar-refractivity contribution < 1.29 is 19.1 Å². The van der Waals surface area contributed by atoms with Crippen LogP contribution in [0.25, 0.3) is 0 Å². The molecule has 0 aromatic heterocycles. The van der Waals surface area contributed by atoms with E-state index in [1.807, 2.05) is 64.1 Å². The zero-order valence-corrected chi connectivity index (χ0v) is 23.6. The molecule has 0 radical (unpaired) electrons. The number of anilines is 1. The Balaban J connectivity index is 2.02. The van der Waals surface area contributed by atoms with Crippen molar-refractivity contribution in [2.45, 2.75) is 92.5 Å². The second-order valence-electron chi connectivity index (χ2n) is 11.4. The Morgan fingerprint density at radius 2 is 1.59 bits per heavy atom. The van der Waals surface area contributed by atoms with Crippen LogP contribution in [0.2, 0.25) is 0 Å². The summed E-state index contributed by atoms with van der Waals surface area (Å²) < 4.78 is 5.37. The smallest absolute Gasteiger partial charge is 0.408 e. The number of ether oxygens (including phenoxy) is 1. The van der Waals surface area contributed by atoms with Gasteiger partial charge in [0.05, 0.1) is 0 Å². The van der Waals surface area contributed by atoms with Crippen molar-refractivity contribution in [1.82, 2.24) is 10.2 Å². The fourth-order valence-corrected chi connectivity index (χ4v) is 4.69. The first-order valence-electron chi connectivity index (χ1n) is 13.0. The highest BCUT2D eigenvalue weighted by atomic mass is 16.6. The Morgan fingerprint density at radius 1 is 1.00 bits per heavy atom. The third-order valence-corrected chi connectivity index (χ3v) is 6.76. The van der Waals surface area contributed by atoms with E-state index in [9.17, 15) is 14.4 Å². The Kier molecular flexibility index (Phi) is 8.35. The molecule has 0 saturated heterocycles. The van der Waals surface area contributed by atoms with Crippen LogP contribution in [0.5, 0.6) is 0 Å². The standard InChI is InChI=1S/C30H41N3O4/c1-17-13-14-23(20(4)15-17)26(27(34)32-25-18(2)11-10-12-19(25)3)33(24-16-21(24)5)28(35)22(6)31-29(36)37-30(7,8)9/h10-15,21-22,24,26H,16H2,1-9H3,(H,31,36)(H,32,34). The molecule has 7 heteroatoms. The summed E-state index contributed by atoms with van der Waals surface area (Å²) in [7, 11) is 0. The maximum Gasteiger partial charge on any atom is 0.408 e. The molecule has 4 atom stereocenters. The van der Waals surface area contributed by atoms with Crippen LogP contribution in [-0.4, -0.2) is 40.5 Å². The third kappa shape index (κ3) is 6.90. The van der Waals surface area contributed by atoms with Crippen LogP contribution in [0.4, 0.5) is 10.5 Å². The Morgan fingerprint density at radius 3 is 2.11 bits per heavy atom. The Hall–Kier alpha value is -3.35. The maximum absolute atomic E-state index is 14.1. The van der Waals surface area contributed by atoms with Gasteiger partial charge >= 0.3 is 6.09 Å². The third-order valence-electron chi connectivity index (χ3n) is 6.76. The molecule has 4 unspecified atom stereocenters. The first-order chi connectivity index (χ1) is 17.2. The van der Waals surface area contributed by atoms with Gasteiger partial charge in [-0.1, -0.05) is 48.9 Å². The molecule has 2 aromatic carbocycles. The van der Waals surface area contributed by atoms with Gasteiger partial charge in [-0.05, 0) is 90.0 Å². The van der Waals surface area contributed by atoms with Gasteiger partial charge in [-0.3, -0.25) is 9.59 Å². The zero-order chi connectivity index (χ0) is 27.7. The van der Waals surface area contributed by atoms with Gasteiger partial charge in [-0.15, -0.1) is 0 Å². The van der Waals surface area contributed by atoms with Gasteiger partial charge < -0.3 is 20.3 Å². The molecule has 1 saturated carbocycles. The minimum atomic E-state index is -0.871. The van der Waals surface area contributed by atoms with Crippen molar-refractivity contribution in [1.29, 1.82) is 0 Å². The molecule has 3 amide bonds. The van der Waals surface area contributed by atoms with Crippen molar-refractivity contribution in [2.24, 2.45) is 5.92 Å². The van der Waals surface area contributed by atoms with Crippen LogP contribution in [0, 0.1) is 33.6 Å². The van der Waals surface area contributed by atoms with E-state index in [1.54, 1.807) is 32.6 Å². The summed E-state index contributed by atoms with van der Waals surface area (Å²) in [4.78, 5) is 42.1. The molecular formula is C30H41N3O4. The van der Waals surface area contributed by atoms with Gasteiger partial charge in [-0.2, -0.15) is 0 Å². The van der Waals surface area contributed by atoms with Crippen molar-refractivity contribution in [3.63, 3.8) is 0 Å². The minimum absolute atomic E-state index is 0.107. The highest BCUT2D eigenvalue weighted by Gasteiger charge is 2.48. The van der Waals surface area contributed by atoms with Gasteiger partial charge in [0.2, 0.25) is 5.91 Å². The maximum atomic E-state index is 14.1. The summed E-state index contributed by atoms with van der Waals surface area (Å²) in [5, 5.41) is 5.78. The zero-order valence-electron chi connectivity index (χ0n) is 23.6. The summed E-state index contributed by atoms with van der Waals surface area (Å²) in [5.74, 6) is -0.345. The summed E-state index contributed by atoms with van der Waals surface area (Å²) >= 11 is 0. The molecule has 1 aliphatic rings. The number of carbonyl (C=O) groups is 3. The quantitative estimate of drug-likeness (QED) is 0.499. The van der Waals surface area contributed by atoms with E-state index in [4.69, 9.17) is 4.74 Å². The van der Waals surface area contributed by atoms with E-state index in [1.165, 1.54) is 0 Å². The lowest BCUT2D eigenvalue weighted by Crippen LogP contribution is -2.52. The average Bonchev–Trinajstić information content (AvgIpc) is 3.49. The average molecular weight is 508 g/mol. The van der Waals surface area contributed by atoms with Gasteiger partial charge in [0.15, 0.2) is 0 Å². The van der Waals surface area contributed by atoms with Gasteiger partial charge in [0.25, 0.3) is 5.91 Å². The molecule has 0 spiro atoms. The van der Waals surface area contributed by atoms with Crippen LogP contribution < -0.4 is 10.6 Å². The van der Waals surface area contributed by atoms with E-state index in [0.29, 0.717) is 0 Å². The molecule has 2 aromatic rings. The van der Waals surface area contributed by atoms with Gasteiger partial charge in [-0.25, -0.2) is 4.79 Å². The number of nitrogens with one attached hydrogen (secondary N) is 2. The number of hydrogen-bond donors (Lipinski definition) is 2. The van der Waals surface area contributed by atoms with E-state index in [0.717, 1.165) is 39.9 Å². The van der Waals surface area contributed by atoms with E-state index in [-0.39, 0.29) is 23.8 Å². The number of aryl methyl sites for hydroxylation is 4. The van der Waals surface area contributed by atoms with E-state index >= 15 is 0 Å². The molecule has 1 fully saturated rings. The topological polar surface area (TPSA) is 87.7 Å². The number of rotatable bonds is 7. The number of hydrogen-bond acceptors (Lipinski definition) is 4. The molecular weight excluding hydrogens is 466 g/mol. The number of amides is 3. The van der Waals surface area contributed by atoms with E-state index < -0.39 is 23.8 Å². The fraction of sp³-hybridized carbons (Fsp3) is 0.500. The van der Waals surface area contributed by atoms with Crippen molar-refractivity contribution in [3.05, 3.63) is 64.2 Å². The normalized spacial score (nSPS) is 18.4. The van der Waals surface area contributed by atoms with E-state index in [2.05, 4.69) is 17.6 Å². The number of carbonyl (C=O) groups excluding carboxylic acids is 3. The second-order valence-corrected chi connectivity index (χ2v) is 11.4. The van der Waals surface area contributed by atoms with Crippen LogP contribution in [0.15, 0.2) is 36.4 Å². The van der Waals surface area contributed by atoms with Crippen molar-refractivity contribution in [3.8, 4) is 0 Å². The first kappa shape index (κ1) is 28.2. The van der Waals surface area contributed by atoms with Crippen LogP contribution >= 0.6 is 0 Å². The van der Waals surface area contributed by atoms with Crippen LogP contribution in [-0.2, 0) is 14.3 Å². The predicted molar refractivity (Wildman–Crippen MR) is 146 cm³/mol. The summed E-state index contributed by atoms with van der Waals surface area (Å²) in [5.41, 5.74) is 4.73. The summed E-state index contributed by atoms with van der Waals surface area (Å²) in [6.45, 7) is 16.9. The highest BCUT2D eigenvalue weighted by molar-refractivity contribution is 6.00. The largest absolute Gasteiger partial charge is 0.444 e. The molecule has 0 heterocycles. The van der Waals surface area contributed by atoms with Gasteiger partial charge in [0, 0.05) is 11.7 Å². The molecule has 0 bridgehead atoms. The molecule has 1 aliphatic carbocycles. The molecule has 0 aliphatic heterocycles. The number of benzene rings is 2. The lowest BCUT2D eigenvalue weighted by atomic mass is 9.96. The number of alkyl carbamates (subject to hydrolysis) is 1. The SMILES string of the molecule is Cc1ccc(C(C(=O)Nc2c(C)cccc2C)N(C(=O)C(C)NC(=O)OC(C)(C)C)C2CC2C)c(C)c1. The van der Waals surface area contributed by atoms with Gasteiger partial charge in [0.1, 0.15) is 17.7 Å². The van der Waals surface area contributed by atoms with Crippen LogP contribution in [0.1, 0.15) is 74.9 Å². The lowest BCUT2D eigenvalue weighted by molar-refractivity contribution is -0.141. The molecule has 3 rings (SSSR count). The number of para-hydroxylation sites is 1. The highest BCUT2D eigenvalue weighted by Crippen LogP contribution is 2.41. The minimum Gasteiger partial charge on any atom is -0.444 e. The Bertz CT molecular complexity index is 1160. The molecule has 200 valence electrons. The first-order valence-corrected chi connectivity index (χ1v) is 13.0. The number of nitrogens with zero attached hydrogens (tertiary/aromatic N) is 1.